The fraction of sp³-hybridized carbons (Fsp3) is 0.600. The highest BCUT2D eigenvalue weighted by Crippen LogP contribution is 2.42. The van der Waals surface area contributed by atoms with E-state index in [4.69, 9.17) is 0 Å². The summed E-state index contributed by atoms with van der Waals surface area (Å²) in [6.45, 7) is 6.70. The second-order valence-electron chi connectivity index (χ2n) is 5.90. The van der Waals surface area contributed by atoms with E-state index in [-0.39, 0.29) is 28.0 Å². The van der Waals surface area contributed by atoms with Crippen LogP contribution >= 0.6 is 11.8 Å². The fourth-order valence-corrected chi connectivity index (χ4v) is 3.25. The molecule has 0 spiro atoms. The first-order valence-corrected chi connectivity index (χ1v) is 8.06. The van der Waals surface area contributed by atoms with Crippen LogP contribution in [0.25, 0.3) is 0 Å². The number of aromatic nitrogens is 1. The lowest BCUT2D eigenvalue weighted by atomic mass is 9.96. The third kappa shape index (κ3) is 4.81. The minimum absolute atomic E-state index is 0.0675. The lowest BCUT2D eigenvalue weighted by molar-refractivity contribution is -0.142. The first-order valence-electron chi connectivity index (χ1n) is 7.18. The van der Waals surface area contributed by atoms with Crippen molar-refractivity contribution in [2.24, 2.45) is 5.92 Å². The summed E-state index contributed by atoms with van der Waals surface area (Å²) in [5.41, 5.74) is -4.05. The number of thioether (sulfide) groups is 1. The predicted octanol–water partition coefficient (Wildman–Crippen LogP) is 5.44. The molecular weight excluding hydrogens is 353 g/mol. The van der Waals surface area contributed by atoms with Crippen LogP contribution in [-0.4, -0.2) is 21.3 Å². The Hall–Kier alpha value is -1.38. The van der Waals surface area contributed by atoms with Gasteiger partial charge in [0.05, 0.1) is 5.56 Å². The van der Waals surface area contributed by atoms with Gasteiger partial charge in [-0.3, -0.25) is 0 Å². The standard InChI is InChI=1S/C15H18F5NO2S/c1-6(2)5-8-9(14(22)23)12(15(18,19)20)21-10(13(16)17)11(8)24-7(3)4/h6-7,13H,5H2,1-4H3,(H,22,23). The number of halogens is 5. The van der Waals surface area contributed by atoms with Gasteiger partial charge in [0.1, 0.15) is 5.69 Å². The van der Waals surface area contributed by atoms with Gasteiger partial charge in [0, 0.05) is 10.1 Å². The molecule has 1 N–H and O–H groups in total. The molecule has 0 unspecified atom stereocenters. The monoisotopic (exact) mass is 371 g/mol. The number of carbonyl (C=O) groups is 1. The van der Waals surface area contributed by atoms with Crippen LogP contribution in [0.15, 0.2) is 4.90 Å². The summed E-state index contributed by atoms with van der Waals surface area (Å²) in [6, 6.07) is 0. The zero-order valence-corrected chi connectivity index (χ0v) is 14.4. The maximum atomic E-state index is 13.3. The molecule has 0 atom stereocenters. The molecule has 1 aromatic rings. The molecule has 0 saturated carbocycles. The van der Waals surface area contributed by atoms with E-state index in [1.807, 2.05) is 0 Å². The zero-order valence-electron chi connectivity index (χ0n) is 13.5. The molecule has 0 aliphatic heterocycles. The molecule has 1 rings (SSSR count). The topological polar surface area (TPSA) is 50.2 Å². The molecule has 0 bridgehead atoms. The van der Waals surface area contributed by atoms with Crippen LogP contribution < -0.4 is 0 Å². The number of carboxylic acid groups (broad SMARTS) is 1. The quantitative estimate of drug-likeness (QED) is 0.535. The van der Waals surface area contributed by atoms with Gasteiger partial charge in [-0.2, -0.15) is 13.2 Å². The Morgan fingerprint density at radius 2 is 1.75 bits per heavy atom. The van der Waals surface area contributed by atoms with Crippen molar-refractivity contribution in [2.75, 3.05) is 0 Å². The van der Waals surface area contributed by atoms with Crippen molar-refractivity contribution in [1.29, 1.82) is 0 Å². The summed E-state index contributed by atoms with van der Waals surface area (Å²) in [7, 11) is 0. The molecule has 1 heterocycles. The van der Waals surface area contributed by atoms with Gasteiger partial charge in [-0.1, -0.05) is 27.7 Å². The van der Waals surface area contributed by atoms with Crippen molar-refractivity contribution >= 4 is 17.7 Å². The summed E-state index contributed by atoms with van der Waals surface area (Å²) >= 11 is 0.900. The van der Waals surface area contributed by atoms with Crippen molar-refractivity contribution in [3.05, 3.63) is 22.5 Å². The number of nitrogens with zero attached hydrogens (tertiary/aromatic N) is 1. The number of rotatable bonds is 6. The maximum Gasteiger partial charge on any atom is 0.434 e. The second-order valence-corrected chi connectivity index (χ2v) is 7.48. The fourth-order valence-electron chi connectivity index (χ4n) is 2.19. The molecule has 0 aliphatic carbocycles. The smallest absolute Gasteiger partial charge is 0.434 e. The molecule has 0 radical (unpaired) electrons. The summed E-state index contributed by atoms with van der Waals surface area (Å²) in [4.78, 5) is 14.3. The van der Waals surface area contributed by atoms with Crippen LogP contribution in [0.4, 0.5) is 22.0 Å². The van der Waals surface area contributed by atoms with Crippen LogP contribution in [0, 0.1) is 5.92 Å². The van der Waals surface area contributed by atoms with Gasteiger partial charge in [-0.05, 0) is 17.9 Å². The first-order chi connectivity index (χ1) is 10.9. The first kappa shape index (κ1) is 20.7. The summed E-state index contributed by atoms with van der Waals surface area (Å²) in [5.74, 6) is -2.04. The van der Waals surface area contributed by atoms with E-state index in [2.05, 4.69) is 4.98 Å². The predicted molar refractivity (Wildman–Crippen MR) is 80.7 cm³/mol. The number of alkyl halides is 5. The third-order valence-electron chi connectivity index (χ3n) is 2.93. The molecule has 0 aromatic carbocycles. The zero-order chi connectivity index (χ0) is 18.8. The molecule has 3 nitrogen and oxygen atoms in total. The molecule has 0 saturated heterocycles. The molecule has 0 fully saturated rings. The average molecular weight is 371 g/mol. The van der Waals surface area contributed by atoms with Crippen molar-refractivity contribution in [1.82, 2.24) is 4.98 Å². The van der Waals surface area contributed by atoms with E-state index < -0.39 is 35.5 Å². The Kier molecular flexibility index (Phi) is 6.60. The second kappa shape index (κ2) is 7.67. The number of hydrogen-bond donors (Lipinski definition) is 1. The van der Waals surface area contributed by atoms with Crippen molar-refractivity contribution in [2.45, 2.75) is 56.9 Å². The summed E-state index contributed by atoms with van der Waals surface area (Å²) < 4.78 is 66.2. The normalized spacial score (nSPS) is 12.5. The largest absolute Gasteiger partial charge is 0.478 e. The number of pyridine rings is 1. The number of aromatic carboxylic acids is 1. The Bertz CT molecular complexity index is 615. The minimum Gasteiger partial charge on any atom is -0.478 e. The van der Waals surface area contributed by atoms with Crippen LogP contribution in [0.3, 0.4) is 0 Å². The van der Waals surface area contributed by atoms with E-state index >= 15 is 0 Å². The summed E-state index contributed by atoms with van der Waals surface area (Å²) in [5, 5.41) is 9.05. The van der Waals surface area contributed by atoms with E-state index in [0.717, 1.165) is 11.8 Å². The maximum absolute atomic E-state index is 13.3. The van der Waals surface area contributed by atoms with Crippen molar-refractivity contribution in [3.8, 4) is 0 Å². The molecule has 24 heavy (non-hydrogen) atoms. The van der Waals surface area contributed by atoms with Crippen molar-refractivity contribution < 1.29 is 31.9 Å². The van der Waals surface area contributed by atoms with Crippen LogP contribution in [0.2, 0.25) is 0 Å². The molecule has 0 amide bonds. The minimum atomic E-state index is -5.13. The van der Waals surface area contributed by atoms with Gasteiger partial charge in [-0.15, -0.1) is 11.8 Å². The highest BCUT2D eigenvalue weighted by molar-refractivity contribution is 8.00. The van der Waals surface area contributed by atoms with Gasteiger partial charge >= 0.3 is 12.1 Å². The lowest BCUT2D eigenvalue weighted by Crippen LogP contribution is -2.21. The molecule has 136 valence electrons. The van der Waals surface area contributed by atoms with Crippen LogP contribution in [-0.2, 0) is 12.6 Å². The SMILES string of the molecule is CC(C)Cc1c(SC(C)C)c(C(F)F)nc(C(F)(F)F)c1C(=O)O. The van der Waals surface area contributed by atoms with Crippen LogP contribution in [0.1, 0.15) is 61.4 Å². The Morgan fingerprint density at radius 3 is 2.08 bits per heavy atom. The lowest BCUT2D eigenvalue weighted by Gasteiger charge is -2.22. The van der Waals surface area contributed by atoms with Gasteiger partial charge in [0.25, 0.3) is 6.43 Å². The molecular formula is C15H18F5NO2S. The Labute approximate surface area is 140 Å². The van der Waals surface area contributed by atoms with E-state index in [1.54, 1.807) is 27.7 Å². The highest BCUT2D eigenvalue weighted by Gasteiger charge is 2.41. The van der Waals surface area contributed by atoms with E-state index in [9.17, 15) is 31.9 Å². The number of carboxylic acids is 1. The summed E-state index contributed by atoms with van der Waals surface area (Å²) in [6.07, 6.45) is -8.44. The van der Waals surface area contributed by atoms with Crippen molar-refractivity contribution in [3.63, 3.8) is 0 Å². The third-order valence-corrected chi connectivity index (χ3v) is 4.10. The Morgan fingerprint density at radius 1 is 1.21 bits per heavy atom. The van der Waals surface area contributed by atoms with Gasteiger partial charge in [-0.25, -0.2) is 18.6 Å². The van der Waals surface area contributed by atoms with Gasteiger partial charge in [0.15, 0.2) is 5.69 Å². The number of hydrogen-bond acceptors (Lipinski definition) is 3. The average Bonchev–Trinajstić information content (AvgIpc) is 2.36. The van der Waals surface area contributed by atoms with Gasteiger partial charge in [0.2, 0.25) is 0 Å². The van der Waals surface area contributed by atoms with E-state index in [1.165, 1.54) is 0 Å². The Balaban J connectivity index is 3.91. The van der Waals surface area contributed by atoms with Crippen LogP contribution in [0.5, 0.6) is 0 Å². The molecule has 1 aromatic heterocycles. The van der Waals surface area contributed by atoms with E-state index in [0.29, 0.717) is 0 Å². The molecule has 0 aliphatic rings. The van der Waals surface area contributed by atoms with Gasteiger partial charge < -0.3 is 5.11 Å². The highest BCUT2D eigenvalue weighted by atomic mass is 32.2. The molecule has 9 heteroatoms.